The van der Waals surface area contributed by atoms with Crippen LogP contribution in [0.3, 0.4) is 0 Å². The van der Waals surface area contributed by atoms with Gasteiger partial charge in [-0.05, 0) is 23.8 Å². The van der Waals surface area contributed by atoms with Crippen LogP contribution in [0.2, 0.25) is 0 Å². The molecule has 0 spiro atoms. The molecule has 0 bridgehead atoms. The van der Waals surface area contributed by atoms with Crippen molar-refractivity contribution in [3.63, 3.8) is 0 Å². The lowest BCUT2D eigenvalue weighted by molar-refractivity contribution is 0.0390. The second-order valence-corrected chi connectivity index (χ2v) is 9.49. The van der Waals surface area contributed by atoms with Gasteiger partial charge in [0.2, 0.25) is 16.0 Å². The van der Waals surface area contributed by atoms with Crippen LogP contribution in [-0.2, 0) is 21.8 Å². The Kier molecular flexibility index (Phi) is 6.40. The number of rotatable bonds is 6. The molecule has 4 rings (SSSR count). The Bertz CT molecular complexity index is 1250. The summed E-state index contributed by atoms with van der Waals surface area (Å²) < 4.78 is 33.1. The fraction of sp³-hybridized carbons (Fsp3) is 0.300. The van der Waals surface area contributed by atoms with Gasteiger partial charge in [0.05, 0.1) is 24.5 Å². The maximum absolute atomic E-state index is 12.6. The number of aromatic nitrogens is 4. The van der Waals surface area contributed by atoms with Crippen LogP contribution < -0.4 is 15.2 Å². The summed E-state index contributed by atoms with van der Waals surface area (Å²) in [6.07, 6.45) is 2.74. The number of alkyl halides is 1. The number of ether oxygens (including phenoxy) is 1. The fourth-order valence-corrected chi connectivity index (χ4v) is 4.10. The molecule has 1 aliphatic rings. The summed E-state index contributed by atoms with van der Waals surface area (Å²) in [6.45, 7) is 1.48. The van der Waals surface area contributed by atoms with Crippen molar-refractivity contribution in [2.24, 2.45) is 7.05 Å². The molecule has 1 atom stereocenters. The number of nitrogens with one attached hydrogen (secondary N) is 1. The second-order valence-electron chi connectivity index (χ2n) is 7.19. The number of halogens is 1. The minimum absolute atomic E-state index is 0.192. The third-order valence-electron chi connectivity index (χ3n) is 5.00. The van der Waals surface area contributed by atoms with Gasteiger partial charge in [0.1, 0.15) is 17.6 Å². The quantitative estimate of drug-likeness (QED) is 0.534. The molecule has 12 heteroatoms. The molecule has 1 aliphatic heterocycles. The van der Waals surface area contributed by atoms with Crippen molar-refractivity contribution < 1.29 is 13.2 Å². The zero-order valence-electron chi connectivity index (χ0n) is 17.2. The maximum atomic E-state index is 12.6. The summed E-state index contributed by atoms with van der Waals surface area (Å²) in [5.74, 6) is 0.519. The third-order valence-corrected chi connectivity index (χ3v) is 6.70. The molecule has 0 radical (unpaired) electrons. The van der Waals surface area contributed by atoms with Crippen LogP contribution in [0.25, 0.3) is 11.4 Å². The summed E-state index contributed by atoms with van der Waals surface area (Å²) in [5.41, 5.74) is 2.15. The summed E-state index contributed by atoms with van der Waals surface area (Å²) in [7, 11) is -1.89. The Hall–Kier alpha value is -3.02. The van der Waals surface area contributed by atoms with E-state index in [9.17, 15) is 13.2 Å². The van der Waals surface area contributed by atoms with E-state index in [0.29, 0.717) is 42.7 Å². The lowest BCUT2D eigenvalue weighted by atomic mass is 10.1. The van der Waals surface area contributed by atoms with Gasteiger partial charge in [-0.1, -0.05) is 12.1 Å². The van der Waals surface area contributed by atoms with E-state index in [1.807, 2.05) is 4.90 Å². The Morgan fingerprint density at radius 1 is 1.22 bits per heavy atom. The Balaban J connectivity index is 1.57. The summed E-state index contributed by atoms with van der Waals surface area (Å²) in [4.78, 5) is 27.3. The number of anilines is 2. The van der Waals surface area contributed by atoms with E-state index < -0.39 is 15.2 Å². The molecule has 168 valence electrons. The van der Waals surface area contributed by atoms with Gasteiger partial charge >= 0.3 is 0 Å². The number of hydrogen-bond donors (Lipinski definition) is 1. The highest BCUT2D eigenvalue weighted by Crippen LogP contribution is 2.27. The average Bonchev–Trinajstić information content (AvgIpc) is 2.81. The highest BCUT2D eigenvalue weighted by molar-refractivity contribution is 7.93. The van der Waals surface area contributed by atoms with Crippen LogP contribution in [0.1, 0.15) is 11.7 Å². The zero-order chi connectivity index (χ0) is 22.7. The van der Waals surface area contributed by atoms with Crippen molar-refractivity contribution in [1.82, 2.24) is 19.5 Å². The van der Waals surface area contributed by atoms with Crippen molar-refractivity contribution in [1.29, 1.82) is 0 Å². The number of sulfonamides is 1. The highest BCUT2D eigenvalue weighted by Gasteiger charge is 2.25. The van der Waals surface area contributed by atoms with Crippen LogP contribution in [0.4, 0.5) is 11.6 Å². The predicted octanol–water partition coefficient (Wildman–Crippen LogP) is 1.75. The molecule has 1 fully saturated rings. The molecule has 1 N–H and O–H groups in total. The normalized spacial score (nSPS) is 16.7. The third kappa shape index (κ3) is 4.90. The molecule has 0 unspecified atom stereocenters. The topological polar surface area (TPSA) is 119 Å². The first-order valence-corrected chi connectivity index (χ1v) is 11.9. The zero-order valence-corrected chi connectivity index (χ0v) is 18.8. The smallest absolute Gasteiger partial charge is 0.255 e. The van der Waals surface area contributed by atoms with E-state index in [1.165, 1.54) is 17.0 Å². The summed E-state index contributed by atoms with van der Waals surface area (Å²) in [5, 5.41) is -0.519. The van der Waals surface area contributed by atoms with Gasteiger partial charge in [-0.25, -0.2) is 23.4 Å². The molecule has 0 aliphatic carbocycles. The van der Waals surface area contributed by atoms with Gasteiger partial charge < -0.3 is 9.64 Å². The second kappa shape index (κ2) is 9.23. The van der Waals surface area contributed by atoms with Crippen molar-refractivity contribution in [2.75, 3.05) is 34.5 Å². The first kappa shape index (κ1) is 22.2. The molecule has 1 saturated heterocycles. The van der Waals surface area contributed by atoms with Crippen molar-refractivity contribution in [3.8, 4) is 11.4 Å². The van der Waals surface area contributed by atoms with Gasteiger partial charge in [0.25, 0.3) is 5.56 Å². The van der Waals surface area contributed by atoms with E-state index in [2.05, 4.69) is 19.7 Å². The van der Waals surface area contributed by atoms with Crippen molar-refractivity contribution in [3.05, 3.63) is 64.8 Å². The number of hydrogen-bond acceptors (Lipinski definition) is 8. The molecule has 10 nitrogen and oxygen atoms in total. The molecule has 3 heterocycles. The first-order valence-electron chi connectivity index (χ1n) is 9.74. The standard InChI is InChI=1S/C20H21ClN6O4S/c1-26-19(28)10-17(16-6-7-22-13-23-16)24-20(26)27-8-9-31-18(11-27)14-2-4-15(5-3-14)25-32(29,30)12-21/h2-7,10,13,18,25H,8-9,11-12H2,1H3/t18-/m1/s1. The van der Waals surface area contributed by atoms with Gasteiger partial charge in [0, 0.05) is 31.5 Å². The first-order chi connectivity index (χ1) is 15.4. The summed E-state index contributed by atoms with van der Waals surface area (Å²) >= 11 is 5.43. The van der Waals surface area contributed by atoms with Crippen LogP contribution in [0, 0.1) is 0 Å². The van der Waals surface area contributed by atoms with Crippen LogP contribution in [0.15, 0.2) is 53.7 Å². The number of morpholine rings is 1. The fourth-order valence-electron chi connectivity index (χ4n) is 3.39. The minimum atomic E-state index is -3.56. The molecule has 1 aromatic carbocycles. The highest BCUT2D eigenvalue weighted by atomic mass is 35.5. The number of nitrogens with zero attached hydrogens (tertiary/aromatic N) is 5. The van der Waals surface area contributed by atoms with E-state index in [-0.39, 0.29) is 11.7 Å². The van der Waals surface area contributed by atoms with E-state index in [0.717, 1.165) is 5.56 Å². The molecule has 3 aromatic rings. The Morgan fingerprint density at radius 2 is 2.00 bits per heavy atom. The lowest BCUT2D eigenvalue weighted by Gasteiger charge is -2.34. The maximum Gasteiger partial charge on any atom is 0.255 e. The van der Waals surface area contributed by atoms with Crippen LogP contribution in [0.5, 0.6) is 0 Å². The monoisotopic (exact) mass is 476 g/mol. The average molecular weight is 477 g/mol. The summed E-state index contributed by atoms with van der Waals surface area (Å²) in [6, 6.07) is 10.1. The van der Waals surface area contributed by atoms with Gasteiger partial charge in [0.15, 0.2) is 0 Å². The van der Waals surface area contributed by atoms with Gasteiger partial charge in [-0.2, -0.15) is 0 Å². The molecule has 0 amide bonds. The van der Waals surface area contributed by atoms with Crippen molar-refractivity contribution in [2.45, 2.75) is 6.10 Å². The molecular weight excluding hydrogens is 456 g/mol. The SMILES string of the molecule is Cn1c(N2CCO[C@@H](c3ccc(NS(=O)(=O)CCl)cc3)C2)nc(-c2ccncn2)cc1=O. The predicted molar refractivity (Wildman–Crippen MR) is 121 cm³/mol. The molecule has 0 saturated carbocycles. The van der Waals surface area contributed by atoms with E-state index in [1.54, 1.807) is 43.6 Å². The van der Waals surface area contributed by atoms with Crippen molar-refractivity contribution >= 4 is 33.3 Å². The largest absolute Gasteiger partial charge is 0.370 e. The van der Waals surface area contributed by atoms with Crippen LogP contribution >= 0.6 is 11.6 Å². The molecule has 32 heavy (non-hydrogen) atoms. The lowest BCUT2D eigenvalue weighted by Crippen LogP contribution is -2.41. The van der Waals surface area contributed by atoms with Crippen LogP contribution in [-0.4, -0.2) is 52.8 Å². The molecule has 2 aromatic heterocycles. The van der Waals surface area contributed by atoms with E-state index >= 15 is 0 Å². The molecular formula is C20H21ClN6O4S. The van der Waals surface area contributed by atoms with Gasteiger partial charge in [-0.3, -0.25) is 14.1 Å². The Morgan fingerprint density at radius 3 is 2.69 bits per heavy atom. The Labute approximate surface area is 189 Å². The van der Waals surface area contributed by atoms with E-state index in [4.69, 9.17) is 16.3 Å². The van der Waals surface area contributed by atoms with Gasteiger partial charge in [-0.15, -0.1) is 11.6 Å². The number of benzene rings is 1. The minimum Gasteiger partial charge on any atom is -0.370 e.